The van der Waals surface area contributed by atoms with Gasteiger partial charge in [0.2, 0.25) is 0 Å². The van der Waals surface area contributed by atoms with Crippen molar-refractivity contribution in [1.29, 1.82) is 0 Å². The standard InChI is InChI=1S/C13H21N3O2/c1-13(2,9-15(3)4)10-5-7-11(8-6-10)16(14)12(17)18/h5-8H,9,14H2,1-4H3,(H,17,18). The number of likely N-dealkylation sites (N-methyl/N-ethyl adjacent to an activating group) is 1. The van der Waals surface area contributed by atoms with E-state index in [0.29, 0.717) is 10.7 Å². The van der Waals surface area contributed by atoms with Gasteiger partial charge in [0.05, 0.1) is 5.69 Å². The van der Waals surface area contributed by atoms with Crippen molar-refractivity contribution in [2.75, 3.05) is 25.6 Å². The average Bonchev–Trinajstić information content (AvgIpc) is 2.26. The van der Waals surface area contributed by atoms with Crippen LogP contribution in [0.2, 0.25) is 0 Å². The second-order valence-corrected chi connectivity index (χ2v) is 5.32. The molecule has 0 spiro atoms. The number of hydrogen-bond donors (Lipinski definition) is 2. The molecule has 1 rings (SSSR count). The van der Waals surface area contributed by atoms with E-state index in [-0.39, 0.29) is 5.41 Å². The smallest absolute Gasteiger partial charge is 0.426 e. The van der Waals surface area contributed by atoms with E-state index >= 15 is 0 Å². The van der Waals surface area contributed by atoms with Gasteiger partial charge in [0.25, 0.3) is 0 Å². The summed E-state index contributed by atoms with van der Waals surface area (Å²) >= 11 is 0. The minimum atomic E-state index is -1.17. The molecular formula is C13H21N3O2. The van der Waals surface area contributed by atoms with E-state index in [0.717, 1.165) is 12.1 Å². The number of benzene rings is 1. The van der Waals surface area contributed by atoms with Gasteiger partial charge >= 0.3 is 6.09 Å². The molecule has 0 fully saturated rings. The lowest BCUT2D eigenvalue weighted by molar-refractivity contribution is 0.202. The number of nitrogens with two attached hydrogens (primary N) is 1. The number of amides is 1. The molecule has 1 aromatic carbocycles. The molecule has 0 aliphatic rings. The Balaban J connectivity index is 2.92. The largest absolute Gasteiger partial charge is 0.464 e. The highest BCUT2D eigenvalue weighted by atomic mass is 16.4. The molecule has 0 unspecified atom stereocenters. The van der Waals surface area contributed by atoms with Gasteiger partial charge in [-0.05, 0) is 31.8 Å². The van der Waals surface area contributed by atoms with E-state index in [1.54, 1.807) is 12.1 Å². The minimum absolute atomic E-state index is 0.00464. The Bertz CT molecular complexity index is 413. The molecule has 0 aromatic heterocycles. The van der Waals surface area contributed by atoms with Gasteiger partial charge in [-0.2, -0.15) is 0 Å². The molecule has 1 amide bonds. The van der Waals surface area contributed by atoms with Crippen molar-refractivity contribution < 1.29 is 9.90 Å². The molecule has 0 aliphatic heterocycles. The fourth-order valence-corrected chi connectivity index (χ4v) is 2.07. The van der Waals surface area contributed by atoms with Crippen molar-refractivity contribution in [1.82, 2.24) is 4.90 Å². The molecular weight excluding hydrogens is 230 g/mol. The summed E-state index contributed by atoms with van der Waals surface area (Å²) in [6.07, 6.45) is -1.17. The summed E-state index contributed by atoms with van der Waals surface area (Å²) in [4.78, 5) is 12.8. The lowest BCUT2D eigenvalue weighted by Gasteiger charge is -2.29. The zero-order valence-corrected chi connectivity index (χ0v) is 11.3. The van der Waals surface area contributed by atoms with Crippen molar-refractivity contribution in [2.24, 2.45) is 5.84 Å². The molecule has 0 radical (unpaired) electrons. The van der Waals surface area contributed by atoms with Gasteiger partial charge in [-0.15, -0.1) is 0 Å². The third kappa shape index (κ3) is 3.45. The van der Waals surface area contributed by atoms with Gasteiger partial charge < -0.3 is 10.0 Å². The topological polar surface area (TPSA) is 69.8 Å². The van der Waals surface area contributed by atoms with E-state index in [4.69, 9.17) is 10.9 Å². The highest BCUT2D eigenvalue weighted by molar-refractivity contribution is 5.84. The quantitative estimate of drug-likeness (QED) is 0.487. The number of hydrogen-bond acceptors (Lipinski definition) is 3. The van der Waals surface area contributed by atoms with Gasteiger partial charge in [-0.25, -0.2) is 15.6 Å². The Labute approximate surface area is 108 Å². The van der Waals surface area contributed by atoms with Crippen LogP contribution in [0.25, 0.3) is 0 Å². The Morgan fingerprint density at radius 2 is 1.78 bits per heavy atom. The van der Waals surface area contributed by atoms with Gasteiger partial charge in [0.1, 0.15) is 0 Å². The van der Waals surface area contributed by atoms with Crippen LogP contribution in [-0.4, -0.2) is 36.7 Å². The van der Waals surface area contributed by atoms with Crippen LogP contribution < -0.4 is 10.9 Å². The van der Waals surface area contributed by atoms with Crippen molar-refractivity contribution in [2.45, 2.75) is 19.3 Å². The van der Waals surface area contributed by atoms with Gasteiger partial charge in [-0.3, -0.25) is 0 Å². The highest BCUT2D eigenvalue weighted by Crippen LogP contribution is 2.25. The maximum absolute atomic E-state index is 10.7. The van der Waals surface area contributed by atoms with Crippen LogP contribution in [0, 0.1) is 0 Å². The second-order valence-electron chi connectivity index (χ2n) is 5.32. The number of rotatable bonds is 4. The molecule has 0 atom stereocenters. The average molecular weight is 251 g/mol. The lowest BCUT2D eigenvalue weighted by Crippen LogP contribution is -2.36. The third-order valence-corrected chi connectivity index (χ3v) is 2.84. The molecule has 0 bridgehead atoms. The molecule has 1 aromatic rings. The molecule has 100 valence electrons. The summed E-state index contributed by atoms with van der Waals surface area (Å²) in [6.45, 7) is 5.22. The third-order valence-electron chi connectivity index (χ3n) is 2.84. The second kappa shape index (κ2) is 5.37. The van der Waals surface area contributed by atoms with Crippen LogP contribution >= 0.6 is 0 Å². The predicted molar refractivity (Wildman–Crippen MR) is 72.7 cm³/mol. The van der Waals surface area contributed by atoms with Crippen molar-refractivity contribution in [3.63, 3.8) is 0 Å². The first-order valence-corrected chi connectivity index (χ1v) is 5.77. The molecule has 5 nitrogen and oxygen atoms in total. The van der Waals surface area contributed by atoms with Crippen LogP contribution in [0.1, 0.15) is 19.4 Å². The summed E-state index contributed by atoms with van der Waals surface area (Å²) in [6, 6.07) is 7.28. The SMILES string of the molecule is CN(C)CC(C)(C)c1ccc(N(N)C(=O)O)cc1. The van der Waals surface area contributed by atoms with E-state index in [1.807, 2.05) is 26.2 Å². The first-order valence-electron chi connectivity index (χ1n) is 5.77. The Hall–Kier alpha value is -1.59. The van der Waals surface area contributed by atoms with Crippen LogP contribution in [0.4, 0.5) is 10.5 Å². The minimum Gasteiger partial charge on any atom is -0.464 e. The monoisotopic (exact) mass is 251 g/mol. The first-order chi connectivity index (χ1) is 8.24. The van der Waals surface area contributed by atoms with Gasteiger partial charge in [-0.1, -0.05) is 26.0 Å². The summed E-state index contributed by atoms with van der Waals surface area (Å²) in [5.41, 5.74) is 1.62. The van der Waals surface area contributed by atoms with Crippen LogP contribution in [0.5, 0.6) is 0 Å². The van der Waals surface area contributed by atoms with Crippen LogP contribution in [-0.2, 0) is 5.41 Å². The zero-order chi connectivity index (χ0) is 13.9. The molecule has 3 N–H and O–H groups in total. The van der Waals surface area contributed by atoms with Crippen molar-refractivity contribution in [3.05, 3.63) is 29.8 Å². The first kappa shape index (κ1) is 14.5. The summed E-state index contributed by atoms with van der Waals surface area (Å²) in [7, 11) is 4.06. The molecule has 0 saturated carbocycles. The summed E-state index contributed by atoms with van der Waals surface area (Å²) in [5.74, 6) is 5.40. The maximum atomic E-state index is 10.7. The van der Waals surface area contributed by atoms with Crippen LogP contribution in [0.3, 0.4) is 0 Å². The van der Waals surface area contributed by atoms with E-state index in [1.165, 1.54) is 0 Å². The van der Waals surface area contributed by atoms with E-state index in [2.05, 4.69) is 18.7 Å². The fourth-order valence-electron chi connectivity index (χ4n) is 2.07. The number of anilines is 1. The summed E-state index contributed by atoms with van der Waals surface area (Å²) in [5, 5.41) is 9.49. The molecule has 0 heterocycles. The van der Waals surface area contributed by atoms with Gasteiger partial charge in [0, 0.05) is 12.0 Å². The Morgan fingerprint density at radius 1 is 1.28 bits per heavy atom. The predicted octanol–water partition coefficient (Wildman–Crippen LogP) is 1.88. The highest BCUT2D eigenvalue weighted by Gasteiger charge is 2.21. The number of hydrazine groups is 1. The van der Waals surface area contributed by atoms with Gasteiger partial charge in [0.15, 0.2) is 0 Å². The number of carboxylic acid groups (broad SMARTS) is 1. The zero-order valence-electron chi connectivity index (χ0n) is 11.3. The molecule has 0 aliphatic carbocycles. The molecule has 5 heteroatoms. The Morgan fingerprint density at radius 3 is 2.17 bits per heavy atom. The normalized spacial score (nSPS) is 11.7. The van der Waals surface area contributed by atoms with Crippen molar-refractivity contribution in [3.8, 4) is 0 Å². The Kier molecular flexibility index (Phi) is 4.32. The fraction of sp³-hybridized carbons (Fsp3) is 0.462. The number of nitrogens with zero attached hydrogens (tertiary/aromatic N) is 2. The van der Waals surface area contributed by atoms with Crippen LogP contribution in [0.15, 0.2) is 24.3 Å². The number of carbonyl (C=O) groups is 1. The maximum Gasteiger partial charge on any atom is 0.426 e. The summed E-state index contributed by atoms with van der Waals surface area (Å²) < 4.78 is 0. The van der Waals surface area contributed by atoms with E-state index < -0.39 is 6.09 Å². The molecule has 18 heavy (non-hydrogen) atoms. The molecule has 0 saturated heterocycles. The van der Waals surface area contributed by atoms with Crippen molar-refractivity contribution >= 4 is 11.8 Å². The lowest BCUT2D eigenvalue weighted by atomic mass is 9.84. The van der Waals surface area contributed by atoms with E-state index in [9.17, 15) is 4.79 Å².